The van der Waals surface area contributed by atoms with E-state index >= 15 is 0 Å². The van der Waals surface area contributed by atoms with E-state index in [1.807, 2.05) is 25.1 Å². The molecule has 1 aromatic carbocycles. The quantitative estimate of drug-likeness (QED) is 0.790. The van der Waals surface area contributed by atoms with Gasteiger partial charge in [-0.2, -0.15) is 0 Å². The zero-order valence-corrected chi connectivity index (χ0v) is 15.1. The fourth-order valence-corrected chi connectivity index (χ4v) is 2.23. The third-order valence-corrected chi connectivity index (χ3v) is 4.23. The summed E-state index contributed by atoms with van der Waals surface area (Å²) < 4.78 is 1.01. The Labute approximate surface area is 145 Å². The van der Waals surface area contributed by atoms with Crippen molar-refractivity contribution in [3.8, 4) is 0 Å². The monoisotopic (exact) mass is 376 g/mol. The maximum Gasteiger partial charge on any atom is 0.274 e. The Kier molecular flexibility index (Phi) is 6.10. The van der Waals surface area contributed by atoms with E-state index in [1.165, 1.54) is 6.33 Å². The first-order valence-corrected chi connectivity index (χ1v) is 8.38. The first-order valence-electron chi connectivity index (χ1n) is 7.59. The lowest BCUT2D eigenvalue weighted by atomic mass is 10.1. The molecule has 0 saturated heterocycles. The zero-order chi connectivity index (χ0) is 16.8. The molecular formula is C17H21BrN4O. The molecule has 1 heterocycles. The van der Waals surface area contributed by atoms with Gasteiger partial charge in [-0.25, -0.2) is 9.97 Å². The molecule has 0 aliphatic heterocycles. The highest BCUT2D eigenvalue weighted by Crippen LogP contribution is 2.20. The van der Waals surface area contributed by atoms with Crippen LogP contribution in [-0.2, 0) is 0 Å². The molecule has 1 aromatic heterocycles. The van der Waals surface area contributed by atoms with Crippen molar-refractivity contribution in [3.63, 3.8) is 0 Å². The third-order valence-electron chi connectivity index (χ3n) is 3.34. The number of halogens is 1. The van der Waals surface area contributed by atoms with Crippen LogP contribution in [0.25, 0.3) is 0 Å². The number of aryl methyl sites for hydroxylation is 1. The van der Waals surface area contributed by atoms with Crippen molar-refractivity contribution in [1.82, 2.24) is 9.97 Å². The van der Waals surface area contributed by atoms with Crippen LogP contribution in [-0.4, -0.2) is 22.4 Å². The number of nitrogens with one attached hydrogen (secondary N) is 2. The first-order chi connectivity index (χ1) is 11.0. The molecule has 122 valence electrons. The van der Waals surface area contributed by atoms with Gasteiger partial charge in [0.1, 0.15) is 17.8 Å². The molecule has 2 aromatic rings. The predicted molar refractivity (Wildman–Crippen MR) is 96.8 cm³/mol. The highest BCUT2D eigenvalue weighted by Gasteiger charge is 2.10. The molecule has 6 heteroatoms. The van der Waals surface area contributed by atoms with Crippen molar-refractivity contribution in [2.45, 2.75) is 27.2 Å². The van der Waals surface area contributed by atoms with Crippen LogP contribution in [0.2, 0.25) is 0 Å². The number of amides is 1. The lowest BCUT2D eigenvalue weighted by molar-refractivity contribution is 0.102. The predicted octanol–water partition coefficient (Wildman–Crippen LogP) is 4.26. The number of anilines is 2. The van der Waals surface area contributed by atoms with Gasteiger partial charge >= 0.3 is 0 Å². The molecular weight excluding hydrogens is 356 g/mol. The summed E-state index contributed by atoms with van der Waals surface area (Å²) in [4.78, 5) is 20.5. The maximum atomic E-state index is 12.3. The Morgan fingerprint density at radius 3 is 2.74 bits per heavy atom. The average Bonchev–Trinajstić information content (AvgIpc) is 2.51. The van der Waals surface area contributed by atoms with Crippen LogP contribution in [0.4, 0.5) is 11.5 Å². The Balaban J connectivity index is 2.02. The Morgan fingerprint density at radius 1 is 1.26 bits per heavy atom. The van der Waals surface area contributed by atoms with Crippen LogP contribution >= 0.6 is 15.9 Å². The Morgan fingerprint density at radius 2 is 2.04 bits per heavy atom. The fraction of sp³-hybridized carbons (Fsp3) is 0.353. The fourth-order valence-electron chi connectivity index (χ4n) is 1.98. The summed E-state index contributed by atoms with van der Waals surface area (Å²) in [6, 6.07) is 7.33. The molecule has 0 saturated carbocycles. The van der Waals surface area contributed by atoms with Crippen LogP contribution in [0.3, 0.4) is 0 Å². The molecule has 23 heavy (non-hydrogen) atoms. The highest BCUT2D eigenvalue weighted by atomic mass is 79.9. The van der Waals surface area contributed by atoms with Gasteiger partial charge in [0, 0.05) is 22.8 Å². The number of carbonyl (C=O) groups excluding carboxylic acids is 1. The van der Waals surface area contributed by atoms with E-state index in [2.05, 4.69) is 50.4 Å². The largest absolute Gasteiger partial charge is 0.370 e. The molecule has 0 radical (unpaired) electrons. The van der Waals surface area contributed by atoms with Crippen molar-refractivity contribution in [2.75, 3.05) is 17.2 Å². The average molecular weight is 377 g/mol. The maximum absolute atomic E-state index is 12.3. The van der Waals surface area contributed by atoms with Gasteiger partial charge in [0.05, 0.1) is 0 Å². The van der Waals surface area contributed by atoms with Gasteiger partial charge < -0.3 is 10.6 Å². The van der Waals surface area contributed by atoms with Gasteiger partial charge in [-0.15, -0.1) is 0 Å². The van der Waals surface area contributed by atoms with Crippen LogP contribution in [0.1, 0.15) is 36.3 Å². The Hall–Kier alpha value is -1.95. The topological polar surface area (TPSA) is 66.9 Å². The van der Waals surface area contributed by atoms with E-state index in [-0.39, 0.29) is 5.91 Å². The molecule has 0 fully saturated rings. The van der Waals surface area contributed by atoms with Gasteiger partial charge in [0.25, 0.3) is 5.91 Å². The van der Waals surface area contributed by atoms with Crippen molar-refractivity contribution in [1.29, 1.82) is 0 Å². The van der Waals surface area contributed by atoms with Crippen molar-refractivity contribution in [2.24, 2.45) is 5.92 Å². The van der Waals surface area contributed by atoms with E-state index < -0.39 is 0 Å². The zero-order valence-electron chi connectivity index (χ0n) is 13.6. The minimum Gasteiger partial charge on any atom is -0.370 e. The summed E-state index contributed by atoms with van der Waals surface area (Å²) in [6.07, 6.45) is 2.45. The number of hydrogen-bond donors (Lipinski definition) is 2. The van der Waals surface area contributed by atoms with Gasteiger partial charge in [-0.3, -0.25) is 4.79 Å². The van der Waals surface area contributed by atoms with E-state index in [0.29, 0.717) is 17.4 Å². The molecule has 5 nitrogen and oxygen atoms in total. The summed E-state index contributed by atoms with van der Waals surface area (Å²) >= 11 is 3.44. The van der Waals surface area contributed by atoms with Crippen molar-refractivity contribution < 1.29 is 4.79 Å². The summed E-state index contributed by atoms with van der Waals surface area (Å²) in [5.41, 5.74) is 2.14. The van der Waals surface area contributed by atoms with Gasteiger partial charge in [0.15, 0.2) is 0 Å². The molecule has 0 unspecified atom stereocenters. The lowest BCUT2D eigenvalue weighted by Gasteiger charge is -2.09. The van der Waals surface area contributed by atoms with Crippen LogP contribution in [0.5, 0.6) is 0 Å². The van der Waals surface area contributed by atoms with Crippen LogP contribution < -0.4 is 10.6 Å². The number of aromatic nitrogens is 2. The number of benzene rings is 1. The lowest BCUT2D eigenvalue weighted by Crippen LogP contribution is -2.15. The molecule has 1 amide bonds. The number of hydrogen-bond acceptors (Lipinski definition) is 4. The number of rotatable bonds is 6. The van der Waals surface area contributed by atoms with E-state index in [9.17, 15) is 4.79 Å². The third kappa shape index (κ3) is 5.32. The van der Waals surface area contributed by atoms with Gasteiger partial charge in [0.2, 0.25) is 0 Å². The number of nitrogens with zero attached hydrogens (tertiary/aromatic N) is 2. The van der Waals surface area contributed by atoms with Gasteiger partial charge in [-0.05, 0) is 43.0 Å². The summed E-state index contributed by atoms with van der Waals surface area (Å²) in [5.74, 6) is 1.03. The summed E-state index contributed by atoms with van der Waals surface area (Å²) in [6.45, 7) is 7.13. The van der Waals surface area contributed by atoms with E-state index in [1.54, 1.807) is 6.07 Å². The normalized spacial score (nSPS) is 10.7. The van der Waals surface area contributed by atoms with Crippen LogP contribution in [0.15, 0.2) is 35.1 Å². The second-order valence-corrected chi connectivity index (χ2v) is 6.67. The Bertz CT molecular complexity index is 688. The summed E-state index contributed by atoms with van der Waals surface area (Å²) in [5, 5.41) is 6.06. The van der Waals surface area contributed by atoms with E-state index in [0.717, 1.165) is 28.7 Å². The molecule has 2 N–H and O–H groups in total. The minimum atomic E-state index is -0.249. The molecule has 0 aliphatic rings. The molecule has 0 atom stereocenters. The number of carbonyl (C=O) groups is 1. The van der Waals surface area contributed by atoms with Crippen molar-refractivity contribution >= 4 is 33.3 Å². The molecule has 0 bridgehead atoms. The minimum absolute atomic E-state index is 0.249. The van der Waals surface area contributed by atoms with Crippen molar-refractivity contribution in [3.05, 3.63) is 46.3 Å². The highest BCUT2D eigenvalue weighted by molar-refractivity contribution is 9.10. The standard InChI is InChI=1S/C17H21BrN4O/c1-11(2)6-7-19-16-9-15(20-10-21-16)17(23)22-13-4-5-14(18)12(3)8-13/h4-5,8-11H,6-7H2,1-3H3,(H,22,23)(H,19,20,21). The second-order valence-electron chi connectivity index (χ2n) is 5.82. The van der Waals surface area contributed by atoms with E-state index in [4.69, 9.17) is 0 Å². The molecule has 0 aliphatic carbocycles. The first kappa shape index (κ1) is 17.4. The molecule has 0 spiro atoms. The van der Waals surface area contributed by atoms with Gasteiger partial charge in [-0.1, -0.05) is 29.8 Å². The second kappa shape index (κ2) is 8.06. The SMILES string of the molecule is Cc1cc(NC(=O)c2cc(NCCC(C)C)ncn2)ccc1Br. The molecule has 2 rings (SSSR count). The smallest absolute Gasteiger partial charge is 0.274 e. The van der Waals surface area contributed by atoms with Crippen LogP contribution in [0, 0.1) is 12.8 Å². The summed E-state index contributed by atoms with van der Waals surface area (Å²) in [7, 11) is 0.